The first kappa shape index (κ1) is 18.9. The van der Waals surface area contributed by atoms with Crippen LogP contribution in [0, 0.1) is 0 Å². The van der Waals surface area contributed by atoms with Gasteiger partial charge in [0.2, 0.25) is 0 Å². The van der Waals surface area contributed by atoms with E-state index in [9.17, 15) is 4.79 Å². The fourth-order valence-electron chi connectivity index (χ4n) is 3.73. The molecule has 0 unspecified atom stereocenters. The number of ether oxygens (including phenoxy) is 2. The van der Waals surface area contributed by atoms with E-state index in [-0.39, 0.29) is 5.78 Å². The molecule has 0 spiro atoms. The molecular weight excluding hydrogens is 390 g/mol. The molecule has 1 aliphatic carbocycles. The molecule has 4 aromatic rings. The number of aromatic nitrogens is 1. The molecule has 2 aromatic heterocycles. The molecule has 2 aromatic carbocycles. The number of benzene rings is 2. The molecule has 5 heteroatoms. The highest BCUT2D eigenvalue weighted by molar-refractivity contribution is 6.41. The van der Waals surface area contributed by atoms with Crippen LogP contribution in [-0.4, -0.2) is 24.0 Å². The number of hydrogen-bond donors (Lipinski definition) is 0. The Bertz CT molecular complexity index is 1230. The number of nitrogens with zero attached hydrogens (tertiary/aromatic N) is 1. The van der Waals surface area contributed by atoms with Gasteiger partial charge in [0.25, 0.3) is 0 Å². The number of carbonyl (C=O) groups excluding carboxylic acids is 1. The number of Topliss-reactive ketones (excluding diaryl/α,β-unsaturated/α-hetero) is 1. The number of fused-ring (bicyclic) bond motifs is 1. The van der Waals surface area contributed by atoms with Crippen LogP contribution >= 0.6 is 0 Å². The quantitative estimate of drug-likeness (QED) is 0.388. The third-order valence-electron chi connectivity index (χ3n) is 5.11. The number of pyridine rings is 1. The smallest absolute Gasteiger partial charge is 0.195 e. The van der Waals surface area contributed by atoms with Crippen molar-refractivity contribution in [2.24, 2.45) is 0 Å². The molecule has 0 aliphatic heterocycles. The summed E-state index contributed by atoms with van der Waals surface area (Å²) in [7, 11) is 0. The van der Waals surface area contributed by atoms with Gasteiger partial charge in [-0.15, -0.1) is 0 Å². The molecule has 0 fully saturated rings. The number of para-hydroxylation sites is 1. The van der Waals surface area contributed by atoms with Gasteiger partial charge in [-0.3, -0.25) is 9.78 Å². The van der Waals surface area contributed by atoms with Gasteiger partial charge < -0.3 is 13.9 Å². The highest BCUT2D eigenvalue weighted by Gasteiger charge is 2.32. The molecule has 0 atom stereocenters. The van der Waals surface area contributed by atoms with Crippen LogP contribution in [0.1, 0.15) is 27.0 Å². The summed E-state index contributed by atoms with van der Waals surface area (Å²) in [5.74, 6) is 1.37. The van der Waals surface area contributed by atoms with Gasteiger partial charge in [-0.1, -0.05) is 24.3 Å². The van der Waals surface area contributed by atoms with E-state index in [1.165, 1.54) is 0 Å². The minimum Gasteiger partial charge on any atom is -0.490 e. The number of hydrogen-bond acceptors (Lipinski definition) is 5. The number of carbonyl (C=O) groups is 1. The van der Waals surface area contributed by atoms with Gasteiger partial charge in [-0.05, 0) is 48.0 Å². The first-order valence-corrected chi connectivity index (χ1v) is 9.98. The zero-order valence-corrected chi connectivity index (χ0v) is 16.7. The molecule has 31 heavy (non-hydrogen) atoms. The summed E-state index contributed by atoms with van der Waals surface area (Å²) in [5.41, 5.74) is 4.57. The summed E-state index contributed by atoms with van der Waals surface area (Å²) in [6.07, 6.45) is 6.66. The van der Waals surface area contributed by atoms with Crippen LogP contribution in [0.15, 0.2) is 96.1 Å². The molecule has 0 radical (unpaired) electrons. The number of furan rings is 1. The fourth-order valence-corrected chi connectivity index (χ4v) is 3.73. The highest BCUT2D eigenvalue weighted by atomic mass is 16.5. The molecule has 152 valence electrons. The van der Waals surface area contributed by atoms with Crippen LogP contribution in [0.5, 0.6) is 11.5 Å². The Morgan fingerprint density at radius 2 is 1.61 bits per heavy atom. The maximum atomic E-state index is 13.4. The van der Waals surface area contributed by atoms with E-state index in [0.717, 1.165) is 28.0 Å². The Kier molecular flexibility index (Phi) is 5.07. The molecule has 5 rings (SSSR count). The van der Waals surface area contributed by atoms with Crippen LogP contribution in [0.4, 0.5) is 0 Å². The molecule has 0 bridgehead atoms. The Morgan fingerprint density at radius 3 is 2.35 bits per heavy atom. The van der Waals surface area contributed by atoms with Gasteiger partial charge in [-0.25, -0.2) is 0 Å². The van der Waals surface area contributed by atoms with E-state index in [4.69, 9.17) is 13.9 Å². The molecule has 5 nitrogen and oxygen atoms in total. The van der Waals surface area contributed by atoms with Crippen molar-refractivity contribution in [3.05, 3.63) is 114 Å². The van der Waals surface area contributed by atoms with Crippen molar-refractivity contribution in [3.63, 3.8) is 0 Å². The predicted molar refractivity (Wildman–Crippen MR) is 117 cm³/mol. The van der Waals surface area contributed by atoms with Crippen molar-refractivity contribution in [1.29, 1.82) is 0 Å². The van der Waals surface area contributed by atoms with Gasteiger partial charge in [0.15, 0.2) is 5.78 Å². The van der Waals surface area contributed by atoms with E-state index in [1.54, 1.807) is 31.0 Å². The Labute approximate surface area is 179 Å². The van der Waals surface area contributed by atoms with Crippen LogP contribution in [0.25, 0.3) is 11.1 Å². The van der Waals surface area contributed by atoms with Crippen LogP contribution in [-0.2, 0) is 0 Å². The summed E-state index contributed by atoms with van der Waals surface area (Å²) in [6, 6.07) is 20.8. The minimum atomic E-state index is -0.0508. The van der Waals surface area contributed by atoms with Crippen molar-refractivity contribution < 1.29 is 18.7 Å². The van der Waals surface area contributed by atoms with Crippen molar-refractivity contribution >= 4 is 16.9 Å². The third-order valence-corrected chi connectivity index (χ3v) is 5.11. The van der Waals surface area contributed by atoms with Crippen molar-refractivity contribution in [3.8, 4) is 11.5 Å². The summed E-state index contributed by atoms with van der Waals surface area (Å²) in [4.78, 5) is 17.6. The summed E-state index contributed by atoms with van der Waals surface area (Å²) in [5, 5.41) is 0. The average Bonchev–Trinajstić information content (AvgIpc) is 3.44. The first-order chi connectivity index (χ1) is 15.3. The van der Waals surface area contributed by atoms with E-state index < -0.39 is 0 Å². The molecule has 0 saturated carbocycles. The van der Waals surface area contributed by atoms with E-state index in [1.807, 2.05) is 60.7 Å². The number of allylic oxidation sites excluding steroid dienone is 1. The van der Waals surface area contributed by atoms with E-state index in [0.29, 0.717) is 30.1 Å². The van der Waals surface area contributed by atoms with E-state index in [2.05, 4.69) is 4.98 Å². The molecular formula is C26H19NO4. The standard InChI is InChI=1S/C26H19NO4/c28-26-23-15-21(31-14-13-30-20-6-2-1-3-7-20)8-9-22(23)24(19-10-12-29-17-19)25(26)18-5-4-11-27-16-18/h1-12,15-17H,13-14H2. The third kappa shape index (κ3) is 3.73. The van der Waals surface area contributed by atoms with Crippen LogP contribution in [0.3, 0.4) is 0 Å². The lowest BCUT2D eigenvalue weighted by Gasteiger charge is -2.10. The van der Waals surface area contributed by atoms with Gasteiger partial charge in [0.05, 0.1) is 12.5 Å². The van der Waals surface area contributed by atoms with Gasteiger partial charge >= 0.3 is 0 Å². The first-order valence-electron chi connectivity index (χ1n) is 9.98. The second-order valence-electron chi connectivity index (χ2n) is 7.05. The monoisotopic (exact) mass is 409 g/mol. The van der Waals surface area contributed by atoms with Gasteiger partial charge in [-0.2, -0.15) is 0 Å². The molecule has 0 N–H and O–H groups in total. The minimum absolute atomic E-state index is 0.0508. The molecule has 2 heterocycles. The molecule has 0 saturated heterocycles. The maximum absolute atomic E-state index is 13.4. The summed E-state index contributed by atoms with van der Waals surface area (Å²) < 4.78 is 16.8. The lowest BCUT2D eigenvalue weighted by atomic mass is 9.97. The summed E-state index contributed by atoms with van der Waals surface area (Å²) >= 11 is 0. The van der Waals surface area contributed by atoms with E-state index >= 15 is 0 Å². The normalized spacial score (nSPS) is 12.7. The number of ketones is 1. The predicted octanol–water partition coefficient (Wildman–Crippen LogP) is 5.29. The fraction of sp³-hybridized carbons (Fsp3) is 0.0769. The molecule has 0 amide bonds. The lowest BCUT2D eigenvalue weighted by Crippen LogP contribution is -2.09. The largest absolute Gasteiger partial charge is 0.490 e. The number of rotatable bonds is 7. The van der Waals surface area contributed by atoms with Crippen LogP contribution < -0.4 is 9.47 Å². The second-order valence-corrected chi connectivity index (χ2v) is 7.05. The summed E-state index contributed by atoms with van der Waals surface area (Å²) in [6.45, 7) is 0.786. The average molecular weight is 409 g/mol. The maximum Gasteiger partial charge on any atom is 0.195 e. The molecule has 1 aliphatic rings. The topological polar surface area (TPSA) is 61.6 Å². The Morgan fingerprint density at radius 1 is 0.774 bits per heavy atom. The zero-order chi connectivity index (χ0) is 21.0. The van der Waals surface area contributed by atoms with Gasteiger partial charge in [0.1, 0.15) is 24.7 Å². The van der Waals surface area contributed by atoms with Crippen molar-refractivity contribution in [1.82, 2.24) is 4.98 Å². The highest BCUT2D eigenvalue weighted by Crippen LogP contribution is 2.43. The Hall–Kier alpha value is -4.12. The van der Waals surface area contributed by atoms with Gasteiger partial charge in [0, 0.05) is 40.2 Å². The second kappa shape index (κ2) is 8.32. The SMILES string of the molecule is O=C1C(c2cccnc2)=C(c2ccoc2)c2ccc(OCCOc3ccccc3)cc21. The van der Waals surface area contributed by atoms with Crippen LogP contribution in [0.2, 0.25) is 0 Å². The zero-order valence-electron chi connectivity index (χ0n) is 16.7. The van der Waals surface area contributed by atoms with Crippen molar-refractivity contribution in [2.75, 3.05) is 13.2 Å². The van der Waals surface area contributed by atoms with Crippen molar-refractivity contribution in [2.45, 2.75) is 0 Å². The lowest BCUT2D eigenvalue weighted by molar-refractivity contribution is 0.105. The Balaban J connectivity index is 1.39.